The molecule has 0 spiro atoms. The molecule has 0 radical (unpaired) electrons. The van der Waals surface area contributed by atoms with Gasteiger partial charge in [-0.1, -0.05) is 0 Å². The molecule has 1 saturated carbocycles. The van der Waals surface area contributed by atoms with Crippen molar-refractivity contribution in [1.82, 2.24) is 10.6 Å². The second kappa shape index (κ2) is 9.82. The van der Waals surface area contributed by atoms with Gasteiger partial charge in [0, 0.05) is 18.7 Å². The fourth-order valence-corrected chi connectivity index (χ4v) is 3.72. The van der Waals surface area contributed by atoms with Crippen LogP contribution < -0.4 is 21.1 Å². The molecule has 0 amide bonds. The number of nitrogens with one attached hydrogen (secondary N) is 4. The van der Waals surface area contributed by atoms with Gasteiger partial charge in [0.05, 0.1) is 16.9 Å². The first-order valence-electron chi connectivity index (χ1n) is 10.6. The number of rotatable bonds is 8. The van der Waals surface area contributed by atoms with Crippen LogP contribution in [0.25, 0.3) is 0 Å². The van der Waals surface area contributed by atoms with E-state index in [1.807, 2.05) is 6.92 Å². The van der Waals surface area contributed by atoms with Crippen molar-refractivity contribution in [3.05, 3.63) is 71.3 Å². The van der Waals surface area contributed by atoms with E-state index in [2.05, 4.69) is 10.6 Å². The summed E-state index contributed by atoms with van der Waals surface area (Å²) in [5, 5.41) is 33.3. The molecule has 7 nitrogen and oxygen atoms in total. The van der Waals surface area contributed by atoms with E-state index >= 15 is 0 Å². The van der Waals surface area contributed by atoms with Crippen molar-refractivity contribution < 1.29 is 14.2 Å². The van der Waals surface area contributed by atoms with Gasteiger partial charge in [0.15, 0.2) is 0 Å². The zero-order valence-corrected chi connectivity index (χ0v) is 18.3. The topological polar surface area (TPSA) is 127 Å². The van der Waals surface area contributed by atoms with Gasteiger partial charge in [0.2, 0.25) is 0 Å². The van der Waals surface area contributed by atoms with E-state index in [4.69, 9.17) is 21.3 Å². The normalized spacial score (nSPS) is 21.3. The Balaban J connectivity index is 1.76. The van der Waals surface area contributed by atoms with E-state index in [9.17, 15) is 9.50 Å². The fraction of sp³-hybridized carbons (Fsp3) is 0.333. The Labute approximate surface area is 187 Å². The van der Waals surface area contributed by atoms with Crippen molar-refractivity contribution in [2.24, 2.45) is 5.73 Å². The van der Waals surface area contributed by atoms with Crippen LogP contribution in [-0.2, 0) is 0 Å². The Morgan fingerprint density at radius 2 is 1.59 bits per heavy atom. The molecule has 0 aliphatic heterocycles. The lowest BCUT2D eigenvalue weighted by molar-refractivity contribution is 0.0150. The second-order valence-corrected chi connectivity index (χ2v) is 8.28. The van der Waals surface area contributed by atoms with Crippen LogP contribution in [0.1, 0.15) is 38.2 Å². The fourth-order valence-electron chi connectivity index (χ4n) is 3.72. The van der Waals surface area contributed by atoms with Gasteiger partial charge in [-0.05, 0) is 81.1 Å². The molecular formula is C24H30FN5O2. The number of hydrogen-bond donors (Lipinski definition) is 6. The predicted molar refractivity (Wildman–Crippen MR) is 124 cm³/mol. The quantitative estimate of drug-likeness (QED) is 0.277. The highest BCUT2D eigenvalue weighted by Gasteiger charge is 2.29. The van der Waals surface area contributed by atoms with Gasteiger partial charge >= 0.3 is 0 Å². The van der Waals surface area contributed by atoms with Gasteiger partial charge in [-0.2, -0.15) is 0 Å². The van der Waals surface area contributed by atoms with Crippen molar-refractivity contribution in [3.63, 3.8) is 0 Å². The molecule has 1 aliphatic rings. The number of benzene rings is 2. The lowest BCUT2D eigenvalue weighted by Gasteiger charge is -2.34. The van der Waals surface area contributed by atoms with Crippen LogP contribution in [-0.4, -0.2) is 35.3 Å². The third-order valence-corrected chi connectivity index (χ3v) is 5.62. The van der Waals surface area contributed by atoms with Crippen LogP contribution in [0.15, 0.2) is 59.9 Å². The van der Waals surface area contributed by atoms with Crippen LogP contribution in [0.5, 0.6) is 11.5 Å². The summed E-state index contributed by atoms with van der Waals surface area (Å²) in [5.74, 6) is 1.01. The van der Waals surface area contributed by atoms with Gasteiger partial charge in [-0.3, -0.25) is 10.8 Å². The minimum atomic E-state index is -0.643. The Hall–Kier alpha value is -3.39. The maximum atomic E-state index is 13.1. The number of aliphatic hydroxyl groups is 1. The van der Waals surface area contributed by atoms with Crippen LogP contribution in [0.4, 0.5) is 4.39 Å². The summed E-state index contributed by atoms with van der Waals surface area (Å²) < 4.78 is 18.8. The first-order valence-corrected chi connectivity index (χ1v) is 10.6. The number of nitrogens with two attached hydrogens (primary N) is 1. The number of amidine groups is 1. The minimum absolute atomic E-state index is 0.102. The highest BCUT2D eigenvalue weighted by atomic mass is 19.1. The molecule has 1 aliphatic carbocycles. The van der Waals surface area contributed by atoms with Gasteiger partial charge in [0.25, 0.3) is 0 Å². The van der Waals surface area contributed by atoms with Gasteiger partial charge < -0.3 is 26.2 Å². The monoisotopic (exact) mass is 439 g/mol. The van der Waals surface area contributed by atoms with E-state index in [1.165, 1.54) is 24.3 Å². The van der Waals surface area contributed by atoms with Crippen molar-refractivity contribution in [2.45, 2.75) is 44.2 Å². The summed E-state index contributed by atoms with van der Waals surface area (Å²) in [5.41, 5.74) is 6.16. The van der Waals surface area contributed by atoms with E-state index in [-0.39, 0.29) is 29.0 Å². The minimum Gasteiger partial charge on any atom is -0.457 e. The molecule has 8 heteroatoms. The molecule has 0 bridgehead atoms. The summed E-state index contributed by atoms with van der Waals surface area (Å²) in [6.07, 6.45) is 2.94. The molecule has 2 aromatic rings. The molecule has 1 fully saturated rings. The summed E-state index contributed by atoms with van der Waals surface area (Å²) >= 11 is 0. The van der Waals surface area contributed by atoms with Crippen molar-refractivity contribution in [1.29, 1.82) is 10.8 Å². The first-order chi connectivity index (χ1) is 15.2. The van der Waals surface area contributed by atoms with E-state index in [0.29, 0.717) is 35.7 Å². The van der Waals surface area contributed by atoms with Crippen molar-refractivity contribution in [3.8, 4) is 11.5 Å². The molecule has 0 saturated heterocycles. The Bertz CT molecular complexity index is 990. The van der Waals surface area contributed by atoms with Crippen LogP contribution in [0.3, 0.4) is 0 Å². The zero-order chi connectivity index (χ0) is 23.3. The molecule has 3 rings (SSSR count). The maximum absolute atomic E-state index is 13.1. The molecule has 7 N–H and O–H groups in total. The number of halogens is 1. The van der Waals surface area contributed by atoms with E-state index in [1.54, 1.807) is 31.3 Å². The highest BCUT2D eigenvalue weighted by molar-refractivity contribution is 6.27. The zero-order valence-electron chi connectivity index (χ0n) is 18.3. The summed E-state index contributed by atoms with van der Waals surface area (Å²) in [6.45, 7) is 1.85. The third-order valence-electron chi connectivity index (χ3n) is 5.62. The number of ether oxygens (including phenoxy) is 1. The average Bonchev–Trinajstić information content (AvgIpc) is 2.76. The lowest BCUT2D eigenvalue weighted by atomic mass is 9.83. The van der Waals surface area contributed by atoms with Gasteiger partial charge in [0.1, 0.15) is 29.0 Å². The third kappa shape index (κ3) is 5.85. The maximum Gasteiger partial charge on any atom is 0.128 e. The van der Waals surface area contributed by atoms with Crippen LogP contribution in [0.2, 0.25) is 0 Å². The molecule has 0 heterocycles. The van der Waals surface area contributed by atoms with E-state index < -0.39 is 5.60 Å². The second-order valence-electron chi connectivity index (χ2n) is 8.28. The van der Waals surface area contributed by atoms with Crippen molar-refractivity contribution in [2.75, 3.05) is 7.05 Å². The Kier molecular flexibility index (Phi) is 7.15. The molecule has 170 valence electrons. The molecule has 2 aromatic carbocycles. The molecule has 0 unspecified atom stereocenters. The molecule has 32 heavy (non-hydrogen) atoms. The van der Waals surface area contributed by atoms with E-state index in [0.717, 1.165) is 12.8 Å². The lowest BCUT2D eigenvalue weighted by Crippen LogP contribution is -2.43. The SMILES string of the molecule is CN/C(NC1CCC(C)(O)CC1)=C(\C(=N)N)C(=N)c1ccc(Oc2ccc(F)cc2)cc1. The number of hydrogen-bond acceptors (Lipinski definition) is 6. The largest absolute Gasteiger partial charge is 0.457 e. The van der Waals surface area contributed by atoms with Gasteiger partial charge in [-0.15, -0.1) is 0 Å². The van der Waals surface area contributed by atoms with Crippen LogP contribution in [0, 0.1) is 16.6 Å². The smallest absolute Gasteiger partial charge is 0.128 e. The molecular weight excluding hydrogens is 409 g/mol. The Morgan fingerprint density at radius 1 is 1.06 bits per heavy atom. The average molecular weight is 440 g/mol. The summed E-state index contributed by atoms with van der Waals surface area (Å²) in [7, 11) is 1.72. The predicted octanol–water partition coefficient (Wildman–Crippen LogP) is 3.64. The van der Waals surface area contributed by atoms with Crippen molar-refractivity contribution >= 4 is 11.5 Å². The molecule has 0 atom stereocenters. The van der Waals surface area contributed by atoms with Gasteiger partial charge in [-0.25, -0.2) is 4.39 Å². The summed E-state index contributed by atoms with van der Waals surface area (Å²) in [6, 6.07) is 12.7. The Morgan fingerprint density at radius 3 is 2.09 bits per heavy atom. The highest BCUT2D eigenvalue weighted by Crippen LogP contribution is 2.28. The molecule has 0 aromatic heterocycles. The summed E-state index contributed by atoms with van der Waals surface area (Å²) in [4.78, 5) is 0. The standard InChI is InChI=1S/C24H30FN5O2/c1-24(31)13-11-17(12-14-24)30-23(29-2)20(22(27)28)21(26)15-3-7-18(8-4-15)32-19-9-5-16(25)6-10-19/h3-10,17,26,29-31H,11-14H2,1-2H3,(H3,27,28)/b23-20+,26-21?. The first kappa shape index (κ1) is 23.3. The van der Waals surface area contributed by atoms with Crippen LogP contribution >= 0.6 is 0 Å².